The molecule has 4 atom stereocenters. The van der Waals surface area contributed by atoms with Crippen molar-refractivity contribution < 1.29 is 14.4 Å². The number of piperidine rings is 1. The molecule has 9 heteroatoms. The van der Waals surface area contributed by atoms with Gasteiger partial charge in [-0.1, -0.05) is 48.7 Å². The van der Waals surface area contributed by atoms with E-state index in [0.29, 0.717) is 16.6 Å². The molecule has 0 radical (unpaired) electrons. The minimum Gasteiger partial charge on any atom is -0.351 e. The summed E-state index contributed by atoms with van der Waals surface area (Å²) in [5, 5.41) is 16.1. The Bertz CT molecular complexity index is 1120. The normalized spacial score (nSPS) is 21.9. The van der Waals surface area contributed by atoms with Gasteiger partial charge in [-0.3, -0.25) is 14.4 Å². The lowest BCUT2D eigenvalue weighted by Gasteiger charge is -2.32. The smallest absolute Gasteiger partial charge is 0.251 e. The number of halogens is 1. The van der Waals surface area contributed by atoms with E-state index in [-0.39, 0.29) is 30.3 Å². The molecule has 5 N–H and O–H groups in total. The van der Waals surface area contributed by atoms with E-state index in [9.17, 15) is 14.4 Å². The second-order valence-corrected chi connectivity index (χ2v) is 11.1. The van der Waals surface area contributed by atoms with Crippen LogP contribution in [0.25, 0.3) is 0 Å². The predicted octanol–water partition coefficient (Wildman–Crippen LogP) is 3.26. The summed E-state index contributed by atoms with van der Waals surface area (Å²) < 4.78 is 0. The van der Waals surface area contributed by atoms with E-state index in [4.69, 9.17) is 11.6 Å². The van der Waals surface area contributed by atoms with Crippen LogP contribution in [0.2, 0.25) is 5.02 Å². The van der Waals surface area contributed by atoms with Gasteiger partial charge in [0.2, 0.25) is 11.8 Å². The van der Waals surface area contributed by atoms with Gasteiger partial charge in [-0.25, -0.2) is 0 Å². The Balaban J connectivity index is 1.20. The van der Waals surface area contributed by atoms with Crippen LogP contribution in [-0.2, 0) is 16.1 Å². The summed E-state index contributed by atoms with van der Waals surface area (Å²) in [7, 11) is 0. The second-order valence-electron chi connectivity index (χ2n) is 10.7. The molecule has 0 bridgehead atoms. The molecule has 1 heterocycles. The lowest BCUT2D eigenvalue weighted by Crippen LogP contribution is -2.49. The Kier molecular flexibility index (Phi) is 10.8. The van der Waals surface area contributed by atoms with E-state index >= 15 is 0 Å². The number of hydrogen-bond donors (Lipinski definition) is 5. The zero-order valence-electron chi connectivity index (χ0n) is 22.6. The molecule has 39 heavy (non-hydrogen) atoms. The molecule has 1 saturated heterocycles. The molecule has 2 aromatic rings. The number of amides is 3. The maximum Gasteiger partial charge on any atom is 0.251 e. The van der Waals surface area contributed by atoms with Gasteiger partial charge < -0.3 is 26.6 Å². The zero-order valence-corrected chi connectivity index (χ0v) is 23.4. The predicted molar refractivity (Wildman–Crippen MR) is 154 cm³/mol. The van der Waals surface area contributed by atoms with E-state index < -0.39 is 11.9 Å². The lowest BCUT2D eigenvalue weighted by atomic mass is 9.80. The third-order valence-corrected chi connectivity index (χ3v) is 7.90. The average Bonchev–Trinajstić information content (AvgIpc) is 2.96. The molecule has 3 unspecified atom stereocenters. The van der Waals surface area contributed by atoms with Crippen molar-refractivity contribution >= 4 is 29.3 Å². The van der Waals surface area contributed by atoms with Crippen LogP contribution in [-0.4, -0.2) is 55.5 Å². The fraction of sp³-hybridized carbons (Fsp3) is 0.500. The molecule has 1 saturated carbocycles. The first-order valence-electron chi connectivity index (χ1n) is 14.1. The highest BCUT2D eigenvalue weighted by Crippen LogP contribution is 2.34. The summed E-state index contributed by atoms with van der Waals surface area (Å²) in [4.78, 5) is 37.9. The first-order valence-corrected chi connectivity index (χ1v) is 14.4. The monoisotopic (exact) mass is 553 g/mol. The minimum absolute atomic E-state index is 0.00347. The fourth-order valence-corrected chi connectivity index (χ4v) is 5.62. The molecule has 8 nitrogen and oxygen atoms in total. The standard InChI is InChI=1S/C30H40ClN5O3/c1-20(35-30(39)22-13-11-21(12-14-22)17-33-25-8-5-15-32-18-25)29(38)34-19-28(37)36-27-10-3-2-9-26(27)23-6-4-7-24(31)16-23/h4,6-7,11-14,16,20,25-27,32-33H,2-3,5,8-10,15,17-19H2,1H3,(H,34,38)(H,35,39)(H,36,37)/t20?,25?,26?,27-/m1/s1. The van der Waals surface area contributed by atoms with Crippen LogP contribution in [0.4, 0.5) is 0 Å². The summed E-state index contributed by atoms with van der Waals surface area (Å²) in [6.07, 6.45) is 6.37. The third-order valence-electron chi connectivity index (χ3n) is 7.66. The molecule has 2 aromatic carbocycles. The van der Waals surface area contributed by atoms with Gasteiger partial charge in [0.1, 0.15) is 6.04 Å². The minimum atomic E-state index is -0.778. The van der Waals surface area contributed by atoms with Gasteiger partial charge in [0.25, 0.3) is 5.91 Å². The van der Waals surface area contributed by atoms with Crippen molar-refractivity contribution in [3.05, 3.63) is 70.2 Å². The van der Waals surface area contributed by atoms with Crippen molar-refractivity contribution in [1.29, 1.82) is 0 Å². The molecule has 0 spiro atoms. The Labute approximate surface area is 236 Å². The fourth-order valence-electron chi connectivity index (χ4n) is 5.43. The van der Waals surface area contributed by atoms with E-state index in [1.54, 1.807) is 19.1 Å². The molecular formula is C30H40ClN5O3. The van der Waals surface area contributed by atoms with Gasteiger partial charge in [-0.15, -0.1) is 0 Å². The Morgan fingerprint density at radius 3 is 2.56 bits per heavy atom. The number of rotatable bonds is 10. The van der Waals surface area contributed by atoms with Crippen molar-refractivity contribution in [3.63, 3.8) is 0 Å². The number of nitrogens with one attached hydrogen (secondary N) is 5. The molecule has 4 rings (SSSR count). The Hall–Kier alpha value is -2.94. The quantitative estimate of drug-likeness (QED) is 0.310. The van der Waals surface area contributed by atoms with Crippen molar-refractivity contribution in [3.8, 4) is 0 Å². The van der Waals surface area contributed by atoms with Gasteiger partial charge in [0.05, 0.1) is 6.54 Å². The van der Waals surface area contributed by atoms with Crippen LogP contribution in [0.1, 0.15) is 72.9 Å². The SMILES string of the molecule is CC(NC(=O)c1ccc(CNC2CCCNC2)cc1)C(=O)NCC(=O)N[C@@H]1CCCCC1c1cccc(Cl)c1. The molecule has 1 aliphatic heterocycles. The van der Waals surface area contributed by atoms with E-state index in [1.165, 1.54) is 12.8 Å². The largest absolute Gasteiger partial charge is 0.351 e. The lowest BCUT2D eigenvalue weighted by molar-refractivity contribution is -0.127. The van der Waals surface area contributed by atoms with Crippen molar-refractivity contribution in [2.75, 3.05) is 19.6 Å². The molecule has 2 aliphatic rings. The second kappa shape index (κ2) is 14.4. The molecule has 1 aliphatic carbocycles. The van der Waals surface area contributed by atoms with Crippen LogP contribution >= 0.6 is 11.6 Å². The summed E-state index contributed by atoms with van der Waals surface area (Å²) in [6.45, 7) is 4.27. The molecule has 0 aromatic heterocycles. The first kappa shape index (κ1) is 29.1. The van der Waals surface area contributed by atoms with Crippen LogP contribution < -0.4 is 26.6 Å². The van der Waals surface area contributed by atoms with Gasteiger partial charge in [-0.2, -0.15) is 0 Å². The summed E-state index contributed by atoms with van der Waals surface area (Å²) in [5.74, 6) is -0.782. The number of hydrogen-bond acceptors (Lipinski definition) is 5. The summed E-state index contributed by atoms with van der Waals surface area (Å²) in [5.41, 5.74) is 2.71. The van der Waals surface area contributed by atoms with Crippen molar-refractivity contribution in [2.45, 2.75) is 76.0 Å². The molecule has 3 amide bonds. The van der Waals surface area contributed by atoms with Crippen LogP contribution in [0.5, 0.6) is 0 Å². The maximum absolute atomic E-state index is 12.7. The topological polar surface area (TPSA) is 111 Å². The van der Waals surface area contributed by atoms with Gasteiger partial charge in [0.15, 0.2) is 0 Å². The highest BCUT2D eigenvalue weighted by atomic mass is 35.5. The third kappa shape index (κ3) is 8.78. The van der Waals surface area contributed by atoms with E-state index in [0.717, 1.165) is 56.4 Å². The molecular weight excluding hydrogens is 514 g/mol. The molecule has 210 valence electrons. The van der Waals surface area contributed by atoms with Crippen LogP contribution in [0, 0.1) is 0 Å². The number of carbonyl (C=O) groups is 3. The van der Waals surface area contributed by atoms with Gasteiger partial charge in [-0.05, 0) is 74.5 Å². The number of benzene rings is 2. The first-order chi connectivity index (χ1) is 18.9. The zero-order chi connectivity index (χ0) is 27.6. The highest BCUT2D eigenvalue weighted by molar-refractivity contribution is 6.30. The summed E-state index contributed by atoms with van der Waals surface area (Å²) >= 11 is 6.18. The van der Waals surface area contributed by atoms with Crippen LogP contribution in [0.3, 0.4) is 0 Å². The van der Waals surface area contributed by atoms with Gasteiger partial charge >= 0.3 is 0 Å². The highest BCUT2D eigenvalue weighted by Gasteiger charge is 2.28. The van der Waals surface area contributed by atoms with Crippen LogP contribution in [0.15, 0.2) is 48.5 Å². The maximum atomic E-state index is 12.7. The van der Waals surface area contributed by atoms with E-state index in [2.05, 4.69) is 26.6 Å². The van der Waals surface area contributed by atoms with Crippen molar-refractivity contribution in [2.24, 2.45) is 0 Å². The number of carbonyl (C=O) groups excluding carboxylic acids is 3. The average molecular weight is 554 g/mol. The summed E-state index contributed by atoms with van der Waals surface area (Å²) in [6, 6.07) is 14.9. The van der Waals surface area contributed by atoms with Crippen molar-refractivity contribution in [1.82, 2.24) is 26.6 Å². The molecule has 2 fully saturated rings. The van der Waals surface area contributed by atoms with E-state index in [1.807, 2.05) is 36.4 Å². The Morgan fingerprint density at radius 1 is 1.03 bits per heavy atom. The van der Waals surface area contributed by atoms with Gasteiger partial charge in [0, 0.05) is 41.7 Å². The Morgan fingerprint density at radius 2 is 1.82 bits per heavy atom.